The molecule has 2 N–H and O–H groups in total. The molecule has 180 valence electrons. The van der Waals surface area contributed by atoms with Gasteiger partial charge in [-0.05, 0) is 43.6 Å². The molecule has 3 aliphatic rings. The summed E-state index contributed by atoms with van der Waals surface area (Å²) in [6, 6.07) is 0. The summed E-state index contributed by atoms with van der Waals surface area (Å²) in [6.07, 6.45) is 9.23. The fraction of sp³-hybridized carbons (Fsp3) is 0.769. The topological polar surface area (TPSA) is 93.1 Å². The second kappa shape index (κ2) is 10.5. The molecular weight excluding hydrogens is 408 g/mol. The van der Waals surface area contributed by atoms with Crippen LogP contribution in [0.2, 0.25) is 0 Å². The molecule has 6 heteroatoms. The van der Waals surface area contributed by atoms with Crippen LogP contribution in [-0.2, 0) is 19.1 Å². The van der Waals surface area contributed by atoms with E-state index < -0.39 is 29.9 Å². The normalized spacial score (nSPS) is 35.2. The van der Waals surface area contributed by atoms with Crippen molar-refractivity contribution >= 4 is 11.9 Å². The molecule has 0 aromatic heterocycles. The van der Waals surface area contributed by atoms with E-state index in [1.165, 1.54) is 0 Å². The van der Waals surface area contributed by atoms with Gasteiger partial charge in [-0.15, -0.1) is 0 Å². The van der Waals surface area contributed by atoms with Gasteiger partial charge in [0.25, 0.3) is 0 Å². The first kappa shape index (κ1) is 25.0. The Hall–Kier alpha value is -1.66. The van der Waals surface area contributed by atoms with Gasteiger partial charge in [-0.25, -0.2) is 0 Å². The standard InChI is InChI=1S/C26H40O6/c1-5-8-16(3)25(30)32-26(4,15-21-13-20(28)14-23(29)31-21)22-10-7-9-18-12-19(27)11-17(6-2)24(18)22/h7,9,12,16-17,19-22,24,27-28H,5-6,8,10-11,13-15H2,1-4H3/t16-,17-,19-,20+,21+,22-,24-,26-/m0/s1. The van der Waals surface area contributed by atoms with Crippen molar-refractivity contribution in [2.24, 2.45) is 23.7 Å². The first-order valence-corrected chi connectivity index (χ1v) is 12.3. The molecule has 1 heterocycles. The number of aliphatic hydroxyl groups excluding tert-OH is 2. The third-order valence-corrected chi connectivity index (χ3v) is 7.59. The quantitative estimate of drug-likeness (QED) is 0.543. The number of allylic oxidation sites excluding steroid dienone is 3. The van der Waals surface area contributed by atoms with E-state index in [-0.39, 0.29) is 36.1 Å². The van der Waals surface area contributed by atoms with Crippen molar-refractivity contribution in [1.82, 2.24) is 0 Å². The summed E-state index contributed by atoms with van der Waals surface area (Å²) in [4.78, 5) is 25.1. The molecule has 32 heavy (non-hydrogen) atoms. The molecule has 0 amide bonds. The highest BCUT2D eigenvalue weighted by molar-refractivity contribution is 5.72. The Morgan fingerprint density at radius 3 is 2.72 bits per heavy atom. The maximum Gasteiger partial charge on any atom is 0.309 e. The Kier molecular flexibility index (Phi) is 8.21. The third kappa shape index (κ3) is 5.63. The fourth-order valence-corrected chi connectivity index (χ4v) is 5.99. The van der Waals surface area contributed by atoms with Crippen LogP contribution in [0.4, 0.5) is 0 Å². The van der Waals surface area contributed by atoms with Gasteiger partial charge in [0.2, 0.25) is 0 Å². The van der Waals surface area contributed by atoms with Gasteiger partial charge < -0.3 is 19.7 Å². The Morgan fingerprint density at radius 2 is 2.06 bits per heavy atom. The Labute approximate surface area is 192 Å². The van der Waals surface area contributed by atoms with Gasteiger partial charge in [0, 0.05) is 18.8 Å². The van der Waals surface area contributed by atoms with Crippen LogP contribution in [0.5, 0.6) is 0 Å². The zero-order valence-corrected chi connectivity index (χ0v) is 20.0. The van der Waals surface area contributed by atoms with Crippen molar-refractivity contribution in [1.29, 1.82) is 0 Å². The summed E-state index contributed by atoms with van der Waals surface area (Å²) in [6.45, 7) is 8.06. The second-order valence-corrected chi connectivity index (χ2v) is 10.2. The molecule has 2 aliphatic carbocycles. The number of aliphatic hydroxyl groups is 2. The lowest BCUT2D eigenvalue weighted by Crippen LogP contribution is -2.51. The number of cyclic esters (lactones) is 1. The monoisotopic (exact) mass is 448 g/mol. The fourth-order valence-electron chi connectivity index (χ4n) is 5.99. The number of rotatable bonds is 8. The number of hydrogen-bond donors (Lipinski definition) is 2. The van der Waals surface area contributed by atoms with E-state index in [1.807, 2.05) is 26.8 Å². The molecular formula is C26H40O6. The molecule has 8 atom stereocenters. The van der Waals surface area contributed by atoms with Crippen molar-refractivity contribution in [2.75, 3.05) is 0 Å². The molecule has 0 aromatic carbocycles. The van der Waals surface area contributed by atoms with E-state index in [9.17, 15) is 19.8 Å². The van der Waals surface area contributed by atoms with Crippen LogP contribution < -0.4 is 0 Å². The molecule has 1 aliphatic heterocycles. The van der Waals surface area contributed by atoms with E-state index in [1.54, 1.807) is 0 Å². The molecule has 0 radical (unpaired) electrons. The van der Waals surface area contributed by atoms with Gasteiger partial charge in [-0.2, -0.15) is 0 Å². The third-order valence-electron chi connectivity index (χ3n) is 7.59. The molecule has 0 unspecified atom stereocenters. The van der Waals surface area contributed by atoms with Gasteiger partial charge in [0.15, 0.2) is 0 Å². The lowest BCUT2D eigenvalue weighted by molar-refractivity contribution is -0.184. The summed E-state index contributed by atoms with van der Waals surface area (Å²) >= 11 is 0. The van der Waals surface area contributed by atoms with E-state index >= 15 is 0 Å². The SMILES string of the molecule is CCC[C@H](C)C(=O)O[C@@](C)(C[C@H]1C[C@@H](O)CC(=O)O1)[C@H]1CC=CC2=C[C@@H](O)C[C@H](CC)[C@@H]21. The zero-order chi connectivity index (χ0) is 23.5. The summed E-state index contributed by atoms with van der Waals surface area (Å²) < 4.78 is 11.9. The van der Waals surface area contributed by atoms with Crippen molar-refractivity contribution < 1.29 is 29.3 Å². The van der Waals surface area contributed by atoms with Gasteiger partial charge in [-0.3, -0.25) is 9.59 Å². The number of esters is 2. The lowest BCUT2D eigenvalue weighted by atomic mass is 9.61. The Bertz CT molecular complexity index is 743. The molecule has 0 aromatic rings. The first-order valence-electron chi connectivity index (χ1n) is 12.3. The highest BCUT2D eigenvalue weighted by atomic mass is 16.6. The van der Waals surface area contributed by atoms with Crippen LogP contribution in [-0.4, -0.2) is 46.1 Å². The number of carbonyl (C=O) groups is 2. The number of fused-ring (bicyclic) bond motifs is 1. The average molecular weight is 449 g/mol. The number of hydrogen-bond acceptors (Lipinski definition) is 6. The molecule has 0 spiro atoms. The average Bonchev–Trinajstić information content (AvgIpc) is 2.71. The van der Waals surface area contributed by atoms with Crippen LogP contribution in [0.25, 0.3) is 0 Å². The van der Waals surface area contributed by atoms with Crippen LogP contribution >= 0.6 is 0 Å². The van der Waals surface area contributed by atoms with Crippen LogP contribution in [0.3, 0.4) is 0 Å². The van der Waals surface area contributed by atoms with Gasteiger partial charge >= 0.3 is 11.9 Å². The highest BCUT2D eigenvalue weighted by Crippen LogP contribution is 2.49. The summed E-state index contributed by atoms with van der Waals surface area (Å²) in [5.41, 5.74) is 0.252. The summed E-state index contributed by atoms with van der Waals surface area (Å²) in [5, 5.41) is 20.5. The van der Waals surface area contributed by atoms with Crippen molar-refractivity contribution in [3.05, 3.63) is 23.8 Å². The van der Waals surface area contributed by atoms with Gasteiger partial charge in [-0.1, -0.05) is 51.8 Å². The molecule has 1 saturated heterocycles. The van der Waals surface area contributed by atoms with E-state index in [0.29, 0.717) is 19.3 Å². The van der Waals surface area contributed by atoms with E-state index in [4.69, 9.17) is 9.47 Å². The zero-order valence-electron chi connectivity index (χ0n) is 20.0. The minimum absolute atomic E-state index is 0.00625. The molecule has 0 saturated carbocycles. The second-order valence-electron chi connectivity index (χ2n) is 10.2. The number of ether oxygens (including phenoxy) is 2. The minimum atomic E-state index is -0.856. The van der Waals surface area contributed by atoms with Crippen molar-refractivity contribution in [2.45, 2.75) is 103 Å². The minimum Gasteiger partial charge on any atom is -0.462 e. The van der Waals surface area contributed by atoms with Crippen LogP contribution in [0, 0.1) is 23.7 Å². The number of carbonyl (C=O) groups excluding carboxylic acids is 2. The Morgan fingerprint density at radius 1 is 1.31 bits per heavy atom. The summed E-state index contributed by atoms with van der Waals surface area (Å²) in [5.74, 6) is -0.378. The first-order chi connectivity index (χ1) is 15.2. The Balaban J connectivity index is 1.93. The van der Waals surface area contributed by atoms with Gasteiger partial charge in [0.1, 0.15) is 11.7 Å². The molecule has 0 bridgehead atoms. The smallest absolute Gasteiger partial charge is 0.309 e. The molecule has 1 fully saturated rings. The maximum atomic E-state index is 13.1. The van der Waals surface area contributed by atoms with E-state index in [0.717, 1.165) is 31.3 Å². The van der Waals surface area contributed by atoms with Crippen molar-refractivity contribution in [3.63, 3.8) is 0 Å². The maximum absolute atomic E-state index is 13.1. The van der Waals surface area contributed by atoms with E-state index in [2.05, 4.69) is 19.1 Å². The molecule has 6 nitrogen and oxygen atoms in total. The van der Waals surface area contributed by atoms with Crippen LogP contribution in [0.15, 0.2) is 23.8 Å². The summed E-state index contributed by atoms with van der Waals surface area (Å²) in [7, 11) is 0. The van der Waals surface area contributed by atoms with Crippen molar-refractivity contribution in [3.8, 4) is 0 Å². The largest absolute Gasteiger partial charge is 0.462 e. The lowest BCUT2D eigenvalue weighted by Gasteiger charge is -2.49. The predicted molar refractivity (Wildman–Crippen MR) is 122 cm³/mol. The predicted octanol–water partition coefficient (Wildman–Crippen LogP) is 4.09. The highest BCUT2D eigenvalue weighted by Gasteiger charge is 2.49. The van der Waals surface area contributed by atoms with Gasteiger partial charge in [0.05, 0.1) is 24.5 Å². The van der Waals surface area contributed by atoms with Crippen LogP contribution in [0.1, 0.15) is 79.1 Å². The molecule has 3 rings (SSSR count).